The van der Waals surface area contributed by atoms with Crippen LogP contribution in [-0.4, -0.2) is 75.6 Å². The molecule has 12 N–H and O–H groups in total. The minimum atomic E-state index is -1.30. The first-order valence-electron chi connectivity index (χ1n) is 14.6. The van der Waals surface area contributed by atoms with Crippen molar-refractivity contribution in [3.63, 3.8) is 0 Å². The molecule has 242 valence electrons. The molecular weight excluding hydrogens is 580 g/mol. The van der Waals surface area contributed by atoms with E-state index in [4.69, 9.17) is 17.2 Å². The lowest BCUT2D eigenvalue weighted by molar-refractivity contribution is -0.142. The fraction of sp³-hybridized carbons (Fsp3) is 0.387. The number of guanidine groups is 1. The van der Waals surface area contributed by atoms with Crippen molar-refractivity contribution in [3.8, 4) is 5.75 Å². The molecule has 4 unspecified atom stereocenters. The standard InChI is InChI=1S/C31H42N8O6/c1-17(2)26(39-27(41)22(32)7-5-13-35-31(33)34)29(43)37-24(14-18-9-11-20(40)12-10-18)28(42)38-25(30(44)45)15-19-16-36-23-8-4-3-6-21(19)23/h3-4,6,8-12,16-17,22,24-26,36,40H,5,7,13-15,32H2,1-2H3,(H,37,43)(H,38,42)(H,39,41)(H,44,45)(H4,33,34,35). The summed E-state index contributed by atoms with van der Waals surface area (Å²) in [6, 6.07) is 8.98. The molecule has 3 aromatic rings. The van der Waals surface area contributed by atoms with Gasteiger partial charge in [-0.15, -0.1) is 0 Å². The van der Waals surface area contributed by atoms with Gasteiger partial charge in [0.25, 0.3) is 0 Å². The van der Waals surface area contributed by atoms with Crippen LogP contribution in [0, 0.1) is 5.92 Å². The molecule has 2 aromatic carbocycles. The molecule has 4 atom stereocenters. The third-order valence-corrected chi connectivity index (χ3v) is 7.27. The third-order valence-electron chi connectivity index (χ3n) is 7.27. The number of aromatic hydroxyl groups is 1. The molecule has 0 aliphatic heterocycles. The molecule has 3 amide bonds. The first kappa shape index (κ1) is 34.4. The summed E-state index contributed by atoms with van der Waals surface area (Å²) >= 11 is 0. The Bertz CT molecular complexity index is 1500. The summed E-state index contributed by atoms with van der Waals surface area (Å²) in [5.74, 6) is -3.60. The van der Waals surface area contributed by atoms with Crippen LogP contribution < -0.4 is 33.2 Å². The summed E-state index contributed by atoms with van der Waals surface area (Å²) in [4.78, 5) is 59.1. The van der Waals surface area contributed by atoms with Crippen molar-refractivity contribution >= 4 is 40.6 Å². The number of carbonyl (C=O) groups is 4. The van der Waals surface area contributed by atoms with E-state index >= 15 is 0 Å². The average molecular weight is 623 g/mol. The number of benzene rings is 2. The molecule has 1 heterocycles. The van der Waals surface area contributed by atoms with Crippen LogP contribution in [0.15, 0.2) is 59.7 Å². The van der Waals surface area contributed by atoms with E-state index in [2.05, 4.69) is 25.9 Å². The van der Waals surface area contributed by atoms with Crippen LogP contribution in [0.2, 0.25) is 0 Å². The number of hydrogen-bond acceptors (Lipinski definition) is 7. The number of phenolic OH excluding ortho intramolecular Hbond substituents is 1. The number of rotatable bonds is 16. The zero-order valence-electron chi connectivity index (χ0n) is 25.3. The topological polar surface area (TPSA) is 251 Å². The fourth-order valence-corrected chi connectivity index (χ4v) is 4.78. The Labute approximate surface area is 260 Å². The van der Waals surface area contributed by atoms with E-state index in [0.29, 0.717) is 24.1 Å². The molecule has 14 nitrogen and oxygen atoms in total. The first-order chi connectivity index (χ1) is 21.3. The van der Waals surface area contributed by atoms with E-state index in [1.54, 1.807) is 32.2 Å². The van der Waals surface area contributed by atoms with Crippen molar-refractivity contribution in [1.29, 1.82) is 0 Å². The van der Waals surface area contributed by atoms with Gasteiger partial charge in [0.1, 0.15) is 23.9 Å². The zero-order chi connectivity index (χ0) is 33.1. The minimum absolute atomic E-state index is 0.00326. The lowest BCUT2D eigenvalue weighted by atomic mass is 9.99. The normalized spacial score (nSPS) is 13.8. The fourth-order valence-electron chi connectivity index (χ4n) is 4.78. The van der Waals surface area contributed by atoms with Gasteiger partial charge < -0.3 is 48.3 Å². The van der Waals surface area contributed by atoms with E-state index in [1.807, 2.05) is 24.3 Å². The van der Waals surface area contributed by atoms with Crippen molar-refractivity contribution in [2.75, 3.05) is 6.54 Å². The van der Waals surface area contributed by atoms with Crippen LogP contribution in [0.4, 0.5) is 0 Å². The van der Waals surface area contributed by atoms with E-state index in [9.17, 15) is 29.4 Å². The SMILES string of the molecule is CC(C)C(NC(=O)C(N)CCCN=C(N)N)C(=O)NC(Cc1ccc(O)cc1)C(=O)NC(Cc1c[nH]c2ccccc12)C(=O)O. The van der Waals surface area contributed by atoms with Crippen LogP contribution >= 0.6 is 0 Å². The van der Waals surface area contributed by atoms with E-state index in [1.165, 1.54) is 12.1 Å². The predicted octanol–water partition coefficient (Wildman–Crippen LogP) is 0.235. The lowest BCUT2D eigenvalue weighted by Crippen LogP contribution is -2.59. The summed E-state index contributed by atoms with van der Waals surface area (Å²) in [6.45, 7) is 3.75. The van der Waals surface area contributed by atoms with Crippen LogP contribution in [0.3, 0.4) is 0 Å². The van der Waals surface area contributed by atoms with Crippen LogP contribution in [0.25, 0.3) is 10.9 Å². The number of para-hydroxylation sites is 1. The molecule has 3 rings (SSSR count). The van der Waals surface area contributed by atoms with Crippen LogP contribution in [0.1, 0.15) is 37.8 Å². The summed E-state index contributed by atoms with van der Waals surface area (Å²) in [5, 5.41) is 28.4. The molecule has 45 heavy (non-hydrogen) atoms. The molecule has 0 spiro atoms. The van der Waals surface area contributed by atoms with Gasteiger partial charge >= 0.3 is 5.97 Å². The Morgan fingerprint density at radius 1 is 0.889 bits per heavy atom. The number of carboxylic acid groups (broad SMARTS) is 1. The number of aliphatic carboxylic acids is 1. The average Bonchev–Trinajstić information content (AvgIpc) is 3.40. The Kier molecular flexibility index (Phi) is 12.3. The molecule has 0 fully saturated rings. The monoisotopic (exact) mass is 622 g/mol. The first-order valence-corrected chi connectivity index (χ1v) is 14.6. The second kappa shape index (κ2) is 16.1. The molecule has 0 aliphatic rings. The second-order valence-corrected chi connectivity index (χ2v) is 11.2. The van der Waals surface area contributed by atoms with Crippen molar-refractivity contribution in [2.45, 2.75) is 63.7 Å². The Morgan fingerprint density at radius 3 is 2.20 bits per heavy atom. The maximum Gasteiger partial charge on any atom is 0.326 e. The number of H-pyrrole nitrogens is 1. The van der Waals surface area contributed by atoms with Crippen molar-refractivity contribution < 1.29 is 29.4 Å². The van der Waals surface area contributed by atoms with Gasteiger partial charge in [-0.3, -0.25) is 19.4 Å². The molecule has 0 radical (unpaired) electrons. The van der Waals surface area contributed by atoms with Gasteiger partial charge in [-0.25, -0.2) is 4.79 Å². The number of carbonyl (C=O) groups excluding carboxylic acids is 3. The highest BCUT2D eigenvalue weighted by Crippen LogP contribution is 2.19. The predicted molar refractivity (Wildman–Crippen MR) is 170 cm³/mol. The lowest BCUT2D eigenvalue weighted by Gasteiger charge is -2.27. The van der Waals surface area contributed by atoms with Crippen LogP contribution in [-0.2, 0) is 32.0 Å². The van der Waals surface area contributed by atoms with E-state index < -0.39 is 47.9 Å². The Hall–Kier alpha value is -5.11. The maximum atomic E-state index is 13.6. The molecule has 0 aliphatic carbocycles. The maximum absolute atomic E-state index is 13.6. The van der Waals surface area contributed by atoms with Gasteiger partial charge in [-0.2, -0.15) is 0 Å². The minimum Gasteiger partial charge on any atom is -0.508 e. The van der Waals surface area contributed by atoms with Gasteiger partial charge in [0.05, 0.1) is 6.04 Å². The molecule has 1 aromatic heterocycles. The number of nitrogens with one attached hydrogen (secondary N) is 4. The molecule has 14 heteroatoms. The molecule has 0 saturated heterocycles. The molecular formula is C31H42N8O6. The van der Waals surface area contributed by atoms with Gasteiger partial charge in [0.2, 0.25) is 17.7 Å². The molecule has 0 saturated carbocycles. The number of aromatic amines is 1. The van der Waals surface area contributed by atoms with Crippen molar-refractivity contribution in [3.05, 3.63) is 65.9 Å². The quantitative estimate of drug-likeness (QED) is 0.0601. The van der Waals surface area contributed by atoms with Crippen LogP contribution in [0.5, 0.6) is 5.75 Å². The number of amides is 3. The van der Waals surface area contributed by atoms with Crippen molar-refractivity contribution in [2.24, 2.45) is 28.1 Å². The Balaban J connectivity index is 1.76. The highest BCUT2D eigenvalue weighted by atomic mass is 16.4. The number of hydrogen-bond donors (Lipinski definition) is 9. The van der Waals surface area contributed by atoms with E-state index in [-0.39, 0.29) is 36.9 Å². The number of nitrogens with zero attached hydrogens (tertiary/aromatic N) is 1. The highest BCUT2D eigenvalue weighted by Gasteiger charge is 2.32. The zero-order valence-corrected chi connectivity index (χ0v) is 25.3. The molecule has 0 bridgehead atoms. The number of nitrogens with two attached hydrogens (primary N) is 3. The number of aliphatic imine (C=N–C) groups is 1. The smallest absolute Gasteiger partial charge is 0.326 e. The number of aromatic nitrogens is 1. The van der Waals surface area contributed by atoms with Gasteiger partial charge in [0.15, 0.2) is 5.96 Å². The summed E-state index contributed by atoms with van der Waals surface area (Å²) in [5.41, 5.74) is 18.8. The van der Waals surface area contributed by atoms with Gasteiger partial charge in [0, 0.05) is 36.5 Å². The third kappa shape index (κ3) is 10.2. The van der Waals surface area contributed by atoms with Gasteiger partial charge in [-0.05, 0) is 48.1 Å². The number of phenols is 1. The summed E-state index contributed by atoms with van der Waals surface area (Å²) in [6.07, 6.45) is 2.40. The Morgan fingerprint density at radius 2 is 1.56 bits per heavy atom. The summed E-state index contributed by atoms with van der Waals surface area (Å²) in [7, 11) is 0. The van der Waals surface area contributed by atoms with E-state index in [0.717, 1.165) is 10.9 Å². The summed E-state index contributed by atoms with van der Waals surface area (Å²) < 4.78 is 0. The largest absolute Gasteiger partial charge is 0.508 e. The second-order valence-electron chi connectivity index (χ2n) is 11.2. The highest BCUT2D eigenvalue weighted by molar-refractivity contribution is 5.94. The number of fused-ring (bicyclic) bond motifs is 1. The van der Waals surface area contributed by atoms with Gasteiger partial charge in [-0.1, -0.05) is 44.2 Å². The number of carboxylic acids is 1. The van der Waals surface area contributed by atoms with Crippen molar-refractivity contribution in [1.82, 2.24) is 20.9 Å².